The third-order valence-corrected chi connectivity index (χ3v) is 7.49. The molecule has 3 aliphatic rings. The lowest BCUT2D eigenvalue weighted by Gasteiger charge is -2.34. The lowest BCUT2D eigenvalue weighted by molar-refractivity contribution is -0.124. The third kappa shape index (κ3) is 11.5. The van der Waals surface area contributed by atoms with Crippen LogP contribution in [-0.2, 0) is 4.79 Å². The Morgan fingerprint density at radius 2 is 1.27 bits per heavy atom. The fraction of sp³-hybridized carbons (Fsp3) is 0.923. The van der Waals surface area contributed by atoms with Crippen molar-refractivity contribution in [1.82, 2.24) is 0 Å². The molecular weight excluding hydrogens is 370 g/mol. The van der Waals surface area contributed by atoms with Crippen LogP contribution in [0.3, 0.4) is 0 Å². The first-order valence-corrected chi connectivity index (χ1v) is 12.9. The van der Waals surface area contributed by atoms with E-state index < -0.39 is 5.54 Å². The third-order valence-electron chi connectivity index (χ3n) is 7.49. The number of primary amides is 1. The minimum Gasteiger partial charge on any atom is -0.368 e. The van der Waals surface area contributed by atoms with E-state index in [9.17, 15) is 4.79 Å². The summed E-state index contributed by atoms with van der Waals surface area (Å²) in [5.74, 6) is 2.15. The van der Waals surface area contributed by atoms with Crippen LogP contribution >= 0.6 is 0 Å². The Labute approximate surface area is 186 Å². The van der Waals surface area contributed by atoms with E-state index >= 15 is 0 Å². The summed E-state index contributed by atoms with van der Waals surface area (Å²) in [6.07, 6.45) is 24.5. The minimum absolute atomic E-state index is 0.279. The van der Waals surface area contributed by atoms with Crippen molar-refractivity contribution >= 4 is 12.1 Å². The molecule has 3 fully saturated rings. The van der Waals surface area contributed by atoms with Gasteiger partial charge in [-0.05, 0) is 50.2 Å². The molecule has 0 aromatic rings. The predicted octanol–water partition coefficient (Wildman–Crippen LogP) is 6.74. The number of amides is 1. The lowest BCUT2D eigenvalue weighted by atomic mass is 9.75. The quantitative estimate of drug-likeness (QED) is 0.414. The topological polar surface area (TPSA) is 93.0 Å². The highest BCUT2D eigenvalue weighted by Crippen LogP contribution is 2.34. The van der Waals surface area contributed by atoms with Crippen LogP contribution in [0.4, 0.5) is 0 Å². The number of nitrogens with one attached hydrogen (secondary N) is 1. The van der Waals surface area contributed by atoms with Gasteiger partial charge in [-0.15, -0.1) is 0 Å². The van der Waals surface area contributed by atoms with Gasteiger partial charge < -0.3 is 16.9 Å². The molecule has 0 radical (unpaired) electrons. The van der Waals surface area contributed by atoms with Crippen molar-refractivity contribution in [2.75, 3.05) is 0 Å². The fourth-order valence-electron chi connectivity index (χ4n) is 5.48. The number of nitrogens with two attached hydrogens (primary N) is 2. The normalized spacial score (nSPS) is 23.2. The molecule has 30 heavy (non-hydrogen) atoms. The summed E-state index contributed by atoms with van der Waals surface area (Å²) >= 11 is 0. The summed E-state index contributed by atoms with van der Waals surface area (Å²) in [7, 11) is 0. The zero-order chi connectivity index (χ0) is 22.2. The van der Waals surface area contributed by atoms with Crippen molar-refractivity contribution in [1.29, 1.82) is 5.41 Å². The van der Waals surface area contributed by atoms with Gasteiger partial charge in [0.05, 0.1) is 5.54 Å². The van der Waals surface area contributed by atoms with E-state index in [0.29, 0.717) is 5.92 Å². The number of hydrogen-bond acceptors (Lipinski definition) is 3. The average molecular weight is 422 g/mol. The van der Waals surface area contributed by atoms with Crippen molar-refractivity contribution in [2.45, 2.75) is 135 Å². The average Bonchev–Trinajstić information content (AvgIpc) is 2.75. The van der Waals surface area contributed by atoms with Gasteiger partial charge in [0.2, 0.25) is 5.91 Å². The summed E-state index contributed by atoms with van der Waals surface area (Å²) in [6.45, 7) is 4.03. The van der Waals surface area contributed by atoms with Crippen LogP contribution in [0, 0.1) is 23.2 Å². The molecule has 3 saturated carbocycles. The SMILES string of the molecule is CC1CCCCC1.CC=N.NC(=O)C(N)(CCC1CCCCC1)CC1CCCCC1. The fourth-order valence-corrected chi connectivity index (χ4v) is 5.48. The first kappa shape index (κ1) is 27.1. The molecule has 1 unspecified atom stereocenters. The number of rotatable bonds is 6. The van der Waals surface area contributed by atoms with Crippen LogP contribution in [0.5, 0.6) is 0 Å². The standard InChI is InChI=1S/C17H32N2O.C7H14.C2H5N/c18-16(20)17(19,13-15-9-5-2-6-10-15)12-11-14-7-3-1-4-8-14;1-7-5-3-2-4-6-7;1-2-3/h14-15H,1-13,19H2,(H2,18,20);7H,2-6H2,1H3;2-3H,1H3. The predicted molar refractivity (Wildman–Crippen MR) is 130 cm³/mol. The molecule has 3 rings (SSSR count). The Bertz CT molecular complexity index is 449. The van der Waals surface area contributed by atoms with E-state index in [-0.39, 0.29) is 5.91 Å². The van der Waals surface area contributed by atoms with Gasteiger partial charge in [0.25, 0.3) is 0 Å². The molecule has 176 valence electrons. The van der Waals surface area contributed by atoms with E-state index in [1.165, 1.54) is 103 Å². The molecule has 0 spiro atoms. The van der Waals surface area contributed by atoms with Gasteiger partial charge in [-0.25, -0.2) is 0 Å². The van der Waals surface area contributed by atoms with Crippen molar-refractivity contribution in [3.8, 4) is 0 Å². The van der Waals surface area contributed by atoms with E-state index in [4.69, 9.17) is 16.9 Å². The molecule has 0 bridgehead atoms. The van der Waals surface area contributed by atoms with Gasteiger partial charge in [0, 0.05) is 0 Å². The molecule has 0 saturated heterocycles. The Kier molecular flexibility index (Phi) is 14.3. The summed E-state index contributed by atoms with van der Waals surface area (Å²) in [5, 5.41) is 6.08. The maximum Gasteiger partial charge on any atom is 0.237 e. The maximum atomic E-state index is 11.9. The summed E-state index contributed by atoms with van der Waals surface area (Å²) in [6, 6.07) is 0. The molecule has 0 heterocycles. The zero-order valence-corrected chi connectivity index (χ0v) is 20.1. The Morgan fingerprint density at radius 3 is 1.63 bits per heavy atom. The van der Waals surface area contributed by atoms with Crippen LogP contribution in [0.1, 0.15) is 129 Å². The lowest BCUT2D eigenvalue weighted by Crippen LogP contribution is -2.53. The van der Waals surface area contributed by atoms with Crippen LogP contribution in [0.2, 0.25) is 0 Å². The van der Waals surface area contributed by atoms with Gasteiger partial charge in [-0.1, -0.05) is 103 Å². The smallest absolute Gasteiger partial charge is 0.237 e. The van der Waals surface area contributed by atoms with E-state index in [2.05, 4.69) is 6.92 Å². The molecule has 1 amide bonds. The maximum absolute atomic E-state index is 11.9. The molecule has 4 heteroatoms. The van der Waals surface area contributed by atoms with Gasteiger partial charge >= 0.3 is 0 Å². The van der Waals surface area contributed by atoms with Crippen LogP contribution < -0.4 is 11.5 Å². The molecule has 1 atom stereocenters. The first-order chi connectivity index (χ1) is 14.4. The summed E-state index contributed by atoms with van der Waals surface area (Å²) in [4.78, 5) is 11.9. The number of hydrogen-bond donors (Lipinski definition) is 3. The van der Waals surface area contributed by atoms with Crippen molar-refractivity contribution in [3.63, 3.8) is 0 Å². The second kappa shape index (κ2) is 15.8. The summed E-state index contributed by atoms with van der Waals surface area (Å²) in [5.41, 5.74) is 11.3. The molecular formula is C26H51N3O. The molecule has 4 nitrogen and oxygen atoms in total. The largest absolute Gasteiger partial charge is 0.368 e. The highest BCUT2D eigenvalue weighted by Gasteiger charge is 2.35. The van der Waals surface area contributed by atoms with E-state index in [0.717, 1.165) is 31.1 Å². The minimum atomic E-state index is -0.751. The van der Waals surface area contributed by atoms with Gasteiger partial charge in [0.15, 0.2) is 0 Å². The van der Waals surface area contributed by atoms with Crippen LogP contribution in [-0.4, -0.2) is 17.7 Å². The van der Waals surface area contributed by atoms with Crippen molar-refractivity contribution in [2.24, 2.45) is 29.2 Å². The van der Waals surface area contributed by atoms with Crippen LogP contribution in [0.25, 0.3) is 0 Å². The number of carbonyl (C=O) groups excluding carboxylic acids is 1. The van der Waals surface area contributed by atoms with Gasteiger partial charge in [-0.3, -0.25) is 4.79 Å². The molecule has 0 aromatic carbocycles. The number of carbonyl (C=O) groups is 1. The highest BCUT2D eigenvalue weighted by atomic mass is 16.1. The monoisotopic (exact) mass is 421 g/mol. The van der Waals surface area contributed by atoms with Crippen molar-refractivity contribution < 1.29 is 4.79 Å². The Morgan fingerprint density at radius 1 is 0.867 bits per heavy atom. The molecule has 0 aliphatic heterocycles. The van der Waals surface area contributed by atoms with Gasteiger partial charge in [-0.2, -0.15) is 0 Å². The molecule has 3 aliphatic carbocycles. The molecule has 5 N–H and O–H groups in total. The Hall–Kier alpha value is -0.900. The van der Waals surface area contributed by atoms with Gasteiger partial charge in [0.1, 0.15) is 0 Å². The first-order valence-electron chi connectivity index (χ1n) is 12.9. The molecule has 0 aromatic heterocycles. The zero-order valence-electron chi connectivity index (χ0n) is 20.1. The summed E-state index contributed by atoms with van der Waals surface area (Å²) < 4.78 is 0. The Balaban J connectivity index is 0.000000372. The van der Waals surface area contributed by atoms with E-state index in [1.807, 2.05) is 0 Å². The second-order valence-electron chi connectivity index (χ2n) is 10.3. The van der Waals surface area contributed by atoms with Crippen LogP contribution in [0.15, 0.2) is 0 Å². The highest BCUT2D eigenvalue weighted by molar-refractivity contribution is 5.84. The second-order valence-corrected chi connectivity index (χ2v) is 10.3. The van der Waals surface area contributed by atoms with E-state index in [1.54, 1.807) is 6.92 Å². The van der Waals surface area contributed by atoms with Crippen molar-refractivity contribution in [3.05, 3.63) is 0 Å².